The van der Waals surface area contributed by atoms with Crippen molar-refractivity contribution in [3.8, 4) is 0 Å². The van der Waals surface area contributed by atoms with E-state index in [2.05, 4.69) is 14.2 Å². The van der Waals surface area contributed by atoms with E-state index in [1.54, 1.807) is 78.9 Å². The summed E-state index contributed by atoms with van der Waals surface area (Å²) in [6.45, 7) is -0.568. The van der Waals surface area contributed by atoms with E-state index in [4.69, 9.17) is 11.6 Å². The van der Waals surface area contributed by atoms with Crippen molar-refractivity contribution in [2.45, 2.75) is 24.5 Å². The molecule has 0 aliphatic heterocycles. The molecule has 0 atom stereocenters. The van der Waals surface area contributed by atoms with Gasteiger partial charge >= 0.3 is 5.97 Å². The van der Waals surface area contributed by atoms with Gasteiger partial charge in [0.2, 0.25) is 30.1 Å². The Bertz CT molecular complexity index is 1990. The van der Waals surface area contributed by atoms with Gasteiger partial charge in [0.1, 0.15) is 6.54 Å². The van der Waals surface area contributed by atoms with E-state index in [0.29, 0.717) is 27.4 Å². The van der Waals surface area contributed by atoms with Crippen molar-refractivity contribution >= 4 is 59.0 Å². The molecular weight excluding hydrogens is 686 g/mol. The van der Waals surface area contributed by atoms with Gasteiger partial charge < -0.3 is 4.74 Å². The van der Waals surface area contributed by atoms with E-state index in [1.165, 1.54) is 28.6 Å². The number of carbonyl (C=O) groups excluding carboxylic acids is 1. The zero-order chi connectivity index (χ0) is 34.1. The molecule has 0 saturated carbocycles. The molecule has 0 aromatic heterocycles. The molecule has 47 heavy (non-hydrogen) atoms. The van der Waals surface area contributed by atoms with Gasteiger partial charge in [-0.2, -0.15) is 0 Å². The van der Waals surface area contributed by atoms with Gasteiger partial charge in [-0.1, -0.05) is 78.3 Å². The number of aryl methyl sites for hydroxylation is 1. The number of sulfonamides is 3. The summed E-state index contributed by atoms with van der Waals surface area (Å²) < 4.78 is 88.1. The number of carbonyl (C=O) groups is 1. The Morgan fingerprint density at radius 2 is 1.34 bits per heavy atom. The summed E-state index contributed by atoms with van der Waals surface area (Å²) in [5.41, 5.74) is 2.95. The van der Waals surface area contributed by atoms with Crippen LogP contribution in [0.5, 0.6) is 0 Å². The smallest absolute Gasteiger partial charge is 0.320 e. The van der Waals surface area contributed by atoms with Crippen LogP contribution in [0.1, 0.15) is 22.3 Å². The van der Waals surface area contributed by atoms with Crippen molar-refractivity contribution < 1.29 is 34.8 Å². The molecule has 0 radical (unpaired) electrons. The average Bonchev–Trinajstić information content (AvgIpc) is 3.03. The van der Waals surface area contributed by atoms with Crippen molar-refractivity contribution in [1.29, 1.82) is 0 Å². The highest BCUT2D eigenvalue weighted by Crippen LogP contribution is 2.26. The van der Waals surface area contributed by atoms with Gasteiger partial charge in [0.15, 0.2) is 0 Å². The lowest BCUT2D eigenvalue weighted by Crippen LogP contribution is -2.32. The summed E-state index contributed by atoms with van der Waals surface area (Å²) in [6, 6.07) is 28.1. The first kappa shape index (κ1) is 35.9. The normalized spacial score (nSPS) is 12.0. The molecule has 0 unspecified atom stereocenters. The Balaban J connectivity index is 1.51. The number of benzene rings is 4. The van der Waals surface area contributed by atoms with Crippen LogP contribution in [0.4, 0.5) is 11.4 Å². The first-order chi connectivity index (χ1) is 22.2. The van der Waals surface area contributed by atoms with E-state index in [0.717, 1.165) is 12.7 Å². The molecule has 0 fully saturated rings. The first-order valence-corrected chi connectivity index (χ1v) is 19.5. The topological polar surface area (TPSA) is 156 Å². The lowest BCUT2D eigenvalue weighted by atomic mass is 10.1. The third-order valence-electron chi connectivity index (χ3n) is 6.87. The number of nitrogens with one attached hydrogen (secondary N) is 2. The molecule has 250 valence electrons. The lowest BCUT2D eigenvalue weighted by molar-refractivity contribution is -0.139. The third kappa shape index (κ3) is 11.4. The highest BCUT2D eigenvalue weighted by atomic mass is 35.5. The summed E-state index contributed by atoms with van der Waals surface area (Å²) in [7, 11) is -10.3. The lowest BCUT2D eigenvalue weighted by Gasteiger charge is -2.25. The fourth-order valence-corrected chi connectivity index (χ4v) is 8.45. The van der Waals surface area contributed by atoms with Crippen LogP contribution in [0.3, 0.4) is 0 Å². The zero-order valence-corrected chi connectivity index (χ0v) is 28.6. The van der Waals surface area contributed by atoms with Gasteiger partial charge in [-0.05, 0) is 65.1 Å². The average molecular weight is 720 g/mol. The van der Waals surface area contributed by atoms with Crippen LogP contribution < -0.4 is 13.7 Å². The Morgan fingerprint density at radius 1 is 0.723 bits per heavy atom. The molecule has 0 aliphatic rings. The van der Waals surface area contributed by atoms with Gasteiger partial charge in [0, 0.05) is 10.7 Å². The van der Waals surface area contributed by atoms with Crippen molar-refractivity contribution in [1.82, 2.24) is 4.72 Å². The number of nitrogens with zero attached hydrogens (tertiary/aromatic N) is 1. The van der Waals surface area contributed by atoms with Crippen molar-refractivity contribution in [3.63, 3.8) is 0 Å². The van der Waals surface area contributed by atoms with Crippen LogP contribution in [0.25, 0.3) is 0 Å². The number of methoxy groups -OCH3 is 1. The van der Waals surface area contributed by atoms with Gasteiger partial charge in [-0.25, -0.2) is 30.0 Å². The number of hydrogen-bond donors (Lipinski definition) is 2. The van der Waals surface area contributed by atoms with Crippen LogP contribution in [0, 0.1) is 0 Å². The quantitative estimate of drug-likeness (QED) is 0.161. The molecule has 0 amide bonds. The Morgan fingerprint density at radius 3 is 1.98 bits per heavy atom. The number of hydrogen-bond acceptors (Lipinski definition) is 8. The van der Waals surface area contributed by atoms with Crippen LogP contribution >= 0.6 is 11.6 Å². The molecule has 4 aromatic rings. The minimum Gasteiger partial charge on any atom is -0.468 e. The van der Waals surface area contributed by atoms with E-state index in [1.807, 2.05) is 0 Å². The maximum atomic E-state index is 13.7. The monoisotopic (exact) mass is 719 g/mol. The molecule has 11 nitrogen and oxygen atoms in total. The Hall–Kier alpha value is -3.95. The van der Waals surface area contributed by atoms with Crippen molar-refractivity contribution in [3.05, 3.63) is 130 Å². The van der Waals surface area contributed by atoms with Gasteiger partial charge in [0.05, 0.1) is 36.6 Å². The standard InChI is InChI=1S/C32H34ClN3O8S3/c1-44-32(37)21-34-46(40,41)23-28-12-10-26(11-13-28)22-36(47(42,43)24-27-6-3-2-4-7-27)31-16-14-30(15-17-31)35-45(38,39)19-18-25-8-5-9-29(33)20-25/h2-17,20,34-35H,18-19,21-24H2,1H3. The minimum atomic E-state index is -3.94. The molecule has 0 spiro atoms. The highest BCUT2D eigenvalue weighted by Gasteiger charge is 2.24. The van der Waals surface area contributed by atoms with Crippen LogP contribution in [0.2, 0.25) is 5.02 Å². The highest BCUT2D eigenvalue weighted by molar-refractivity contribution is 7.92. The second kappa shape index (κ2) is 15.8. The van der Waals surface area contributed by atoms with Crippen molar-refractivity contribution in [2.75, 3.05) is 28.4 Å². The molecule has 4 aromatic carbocycles. The van der Waals surface area contributed by atoms with E-state index in [9.17, 15) is 30.0 Å². The zero-order valence-electron chi connectivity index (χ0n) is 25.4. The van der Waals surface area contributed by atoms with Crippen LogP contribution in [-0.2, 0) is 64.1 Å². The molecule has 2 N–H and O–H groups in total. The second-order valence-electron chi connectivity index (χ2n) is 10.6. The predicted octanol–water partition coefficient (Wildman–Crippen LogP) is 4.45. The second-order valence-corrected chi connectivity index (χ2v) is 16.5. The van der Waals surface area contributed by atoms with Gasteiger partial charge in [-0.3, -0.25) is 13.8 Å². The summed E-state index contributed by atoms with van der Waals surface area (Å²) >= 11 is 6.00. The molecule has 15 heteroatoms. The number of esters is 1. The molecule has 0 bridgehead atoms. The number of anilines is 2. The van der Waals surface area contributed by atoms with Crippen molar-refractivity contribution in [2.24, 2.45) is 0 Å². The fraction of sp³-hybridized carbons (Fsp3) is 0.219. The van der Waals surface area contributed by atoms with E-state index in [-0.39, 0.29) is 30.2 Å². The third-order valence-corrected chi connectivity index (χ3v) is 11.4. The summed E-state index contributed by atoms with van der Waals surface area (Å²) in [5, 5.41) is 0.517. The Labute approximate surface area is 280 Å². The SMILES string of the molecule is COC(=O)CNS(=O)(=O)Cc1ccc(CN(c2ccc(NS(=O)(=O)CCc3cccc(Cl)c3)cc2)S(=O)(=O)Cc2ccccc2)cc1. The molecule has 0 saturated heterocycles. The largest absolute Gasteiger partial charge is 0.468 e. The number of halogens is 1. The van der Waals surface area contributed by atoms with E-state index < -0.39 is 48.3 Å². The molecule has 4 rings (SSSR count). The van der Waals surface area contributed by atoms with Gasteiger partial charge in [-0.15, -0.1) is 0 Å². The van der Waals surface area contributed by atoms with Crippen LogP contribution in [-0.4, -0.2) is 50.6 Å². The Kier molecular flexibility index (Phi) is 12.0. The molecule has 0 aliphatic carbocycles. The van der Waals surface area contributed by atoms with Gasteiger partial charge in [0.25, 0.3) is 0 Å². The van der Waals surface area contributed by atoms with Crippen LogP contribution in [0.15, 0.2) is 103 Å². The first-order valence-electron chi connectivity index (χ1n) is 14.2. The molecule has 0 heterocycles. The minimum absolute atomic E-state index is 0.0759. The number of rotatable bonds is 16. The maximum absolute atomic E-state index is 13.7. The number of ether oxygens (including phenoxy) is 1. The summed E-state index contributed by atoms with van der Waals surface area (Å²) in [5.74, 6) is -1.57. The van der Waals surface area contributed by atoms with E-state index >= 15 is 0 Å². The summed E-state index contributed by atoms with van der Waals surface area (Å²) in [6.07, 6.45) is 0.258. The maximum Gasteiger partial charge on any atom is 0.320 e. The fourth-order valence-electron chi connectivity index (χ4n) is 4.50. The molecular formula is C32H34ClN3O8S3. The predicted molar refractivity (Wildman–Crippen MR) is 183 cm³/mol. The summed E-state index contributed by atoms with van der Waals surface area (Å²) in [4.78, 5) is 11.3.